The number of aliphatic hydroxyl groups is 1. The summed E-state index contributed by atoms with van der Waals surface area (Å²) in [6, 6.07) is 5.40. The lowest BCUT2D eigenvalue weighted by atomic mass is 9.93. The summed E-state index contributed by atoms with van der Waals surface area (Å²) in [7, 11) is 0. The van der Waals surface area contributed by atoms with E-state index >= 15 is 0 Å². The predicted molar refractivity (Wildman–Crippen MR) is 90.3 cm³/mol. The van der Waals surface area contributed by atoms with E-state index < -0.39 is 35.8 Å². The van der Waals surface area contributed by atoms with Crippen LogP contribution in [0.4, 0.5) is 26.3 Å². The van der Waals surface area contributed by atoms with Gasteiger partial charge in [-0.25, -0.2) is 4.98 Å². The third kappa shape index (κ3) is 4.64. The van der Waals surface area contributed by atoms with Gasteiger partial charge in [0.1, 0.15) is 5.69 Å². The quantitative estimate of drug-likeness (QED) is 0.711. The molecule has 0 radical (unpaired) electrons. The number of alkyl halides is 6. The zero-order valence-corrected chi connectivity index (χ0v) is 14.6. The van der Waals surface area contributed by atoms with E-state index in [-0.39, 0.29) is 16.8 Å². The third-order valence-electron chi connectivity index (χ3n) is 4.72. The molecule has 0 saturated carbocycles. The van der Waals surface area contributed by atoms with Crippen molar-refractivity contribution < 1.29 is 31.4 Å². The Morgan fingerprint density at radius 2 is 1.64 bits per heavy atom. The molecule has 3 nitrogen and oxygen atoms in total. The normalized spacial score (nSPS) is 19.5. The standard InChI is InChI=1S/C19H18F6N2O/c20-18(21,22)13-6-4-11(5-7-13)15-9-12(10-16(27-15)19(23,24)25)17(28)14-3-1-2-8-26-14/h4-7,9-10,14,17,26,28H,1-3,8H2/t14-,17-/m0/s1. The average molecular weight is 404 g/mol. The molecule has 9 heteroatoms. The summed E-state index contributed by atoms with van der Waals surface area (Å²) in [6.07, 6.45) is -8.11. The van der Waals surface area contributed by atoms with Gasteiger partial charge in [-0.3, -0.25) is 0 Å². The van der Waals surface area contributed by atoms with Crippen molar-refractivity contribution in [3.8, 4) is 11.3 Å². The van der Waals surface area contributed by atoms with Crippen molar-refractivity contribution in [3.63, 3.8) is 0 Å². The van der Waals surface area contributed by atoms with Crippen molar-refractivity contribution in [1.29, 1.82) is 0 Å². The molecule has 0 amide bonds. The van der Waals surface area contributed by atoms with Crippen LogP contribution in [0.3, 0.4) is 0 Å². The van der Waals surface area contributed by atoms with Gasteiger partial charge in [-0.05, 0) is 49.2 Å². The van der Waals surface area contributed by atoms with Gasteiger partial charge in [0.2, 0.25) is 0 Å². The number of halogens is 6. The minimum Gasteiger partial charge on any atom is -0.387 e. The second kappa shape index (κ2) is 7.71. The van der Waals surface area contributed by atoms with E-state index in [0.29, 0.717) is 13.0 Å². The fraction of sp³-hybridized carbons (Fsp3) is 0.421. The van der Waals surface area contributed by atoms with E-state index in [2.05, 4.69) is 10.3 Å². The molecule has 2 N–H and O–H groups in total. The van der Waals surface area contributed by atoms with Crippen molar-refractivity contribution in [2.45, 2.75) is 43.8 Å². The van der Waals surface area contributed by atoms with E-state index in [1.54, 1.807) is 0 Å². The highest BCUT2D eigenvalue weighted by molar-refractivity contribution is 5.61. The first kappa shape index (κ1) is 20.6. The number of pyridine rings is 1. The first-order valence-corrected chi connectivity index (χ1v) is 8.74. The molecule has 28 heavy (non-hydrogen) atoms. The Kier molecular flexibility index (Phi) is 5.67. The first-order chi connectivity index (χ1) is 13.1. The van der Waals surface area contributed by atoms with E-state index in [1.165, 1.54) is 6.07 Å². The maximum absolute atomic E-state index is 13.3. The van der Waals surface area contributed by atoms with Crippen LogP contribution in [0.1, 0.15) is 42.2 Å². The summed E-state index contributed by atoms with van der Waals surface area (Å²) < 4.78 is 78.0. The first-order valence-electron chi connectivity index (χ1n) is 8.74. The average Bonchev–Trinajstić information content (AvgIpc) is 2.66. The van der Waals surface area contributed by atoms with Crippen molar-refractivity contribution in [2.75, 3.05) is 6.54 Å². The molecule has 1 fully saturated rings. The number of nitrogens with zero attached hydrogens (tertiary/aromatic N) is 1. The van der Waals surface area contributed by atoms with Gasteiger partial charge in [0.05, 0.1) is 17.4 Å². The van der Waals surface area contributed by atoms with Gasteiger partial charge in [-0.1, -0.05) is 18.6 Å². The number of benzene rings is 1. The Balaban J connectivity index is 2.00. The molecule has 1 aliphatic heterocycles. The van der Waals surface area contributed by atoms with Crippen molar-refractivity contribution in [1.82, 2.24) is 10.3 Å². The van der Waals surface area contributed by atoms with Crippen LogP contribution in [0, 0.1) is 0 Å². The fourth-order valence-electron chi connectivity index (χ4n) is 3.23. The second-order valence-electron chi connectivity index (χ2n) is 6.75. The third-order valence-corrected chi connectivity index (χ3v) is 4.72. The smallest absolute Gasteiger partial charge is 0.387 e. The highest BCUT2D eigenvalue weighted by Crippen LogP contribution is 2.35. The molecule has 2 atom stereocenters. The SMILES string of the molecule is O[C@@H](c1cc(-c2ccc(C(F)(F)F)cc2)nc(C(F)(F)F)c1)[C@@H]1CCCCN1. The maximum Gasteiger partial charge on any atom is 0.433 e. The zero-order valence-electron chi connectivity index (χ0n) is 14.6. The topological polar surface area (TPSA) is 45.2 Å². The summed E-state index contributed by atoms with van der Waals surface area (Å²) in [4.78, 5) is 3.56. The van der Waals surface area contributed by atoms with Crippen LogP contribution in [0.25, 0.3) is 11.3 Å². The highest BCUT2D eigenvalue weighted by atomic mass is 19.4. The van der Waals surface area contributed by atoms with E-state index in [4.69, 9.17) is 0 Å². The molecule has 1 aromatic carbocycles. The largest absolute Gasteiger partial charge is 0.433 e. The van der Waals surface area contributed by atoms with Crippen LogP contribution in [0.5, 0.6) is 0 Å². The van der Waals surface area contributed by atoms with Crippen molar-refractivity contribution in [3.05, 3.63) is 53.2 Å². The molecular weight excluding hydrogens is 386 g/mol. The Morgan fingerprint density at radius 3 is 2.18 bits per heavy atom. The summed E-state index contributed by atoms with van der Waals surface area (Å²) in [5.41, 5.74) is -2.13. The molecule has 2 heterocycles. The van der Waals surface area contributed by atoms with Gasteiger partial charge in [-0.2, -0.15) is 26.3 Å². The Bertz CT molecular complexity index is 811. The summed E-state index contributed by atoms with van der Waals surface area (Å²) in [5.74, 6) is 0. The zero-order chi connectivity index (χ0) is 20.5. The van der Waals surface area contributed by atoms with Gasteiger partial charge >= 0.3 is 12.4 Å². The fourth-order valence-corrected chi connectivity index (χ4v) is 3.23. The van der Waals surface area contributed by atoms with Gasteiger partial charge in [0.15, 0.2) is 0 Å². The molecule has 0 spiro atoms. The summed E-state index contributed by atoms with van der Waals surface area (Å²) >= 11 is 0. The molecule has 1 aliphatic rings. The molecule has 1 saturated heterocycles. The number of hydrogen-bond acceptors (Lipinski definition) is 3. The van der Waals surface area contributed by atoms with Crippen LogP contribution in [0.2, 0.25) is 0 Å². The number of aliphatic hydroxyl groups excluding tert-OH is 1. The summed E-state index contributed by atoms with van der Waals surface area (Å²) in [6.45, 7) is 0.657. The Labute approximate surface area is 157 Å². The molecule has 2 aromatic rings. The molecule has 152 valence electrons. The second-order valence-corrected chi connectivity index (χ2v) is 6.75. The maximum atomic E-state index is 13.3. The minimum atomic E-state index is -4.75. The van der Waals surface area contributed by atoms with Crippen molar-refractivity contribution >= 4 is 0 Å². The van der Waals surface area contributed by atoms with Crippen molar-refractivity contribution in [2.24, 2.45) is 0 Å². The number of hydrogen-bond donors (Lipinski definition) is 2. The molecule has 3 rings (SSSR count). The lowest BCUT2D eigenvalue weighted by Crippen LogP contribution is -2.38. The lowest BCUT2D eigenvalue weighted by molar-refractivity contribution is -0.141. The van der Waals surface area contributed by atoms with E-state index in [1.807, 2.05) is 0 Å². The molecule has 0 aliphatic carbocycles. The highest BCUT2D eigenvalue weighted by Gasteiger charge is 2.35. The number of nitrogens with one attached hydrogen (secondary N) is 1. The monoisotopic (exact) mass is 404 g/mol. The lowest BCUT2D eigenvalue weighted by Gasteiger charge is -2.28. The van der Waals surface area contributed by atoms with E-state index in [0.717, 1.165) is 43.2 Å². The van der Waals surface area contributed by atoms with Gasteiger partial charge < -0.3 is 10.4 Å². The van der Waals surface area contributed by atoms with Gasteiger partial charge in [-0.15, -0.1) is 0 Å². The van der Waals surface area contributed by atoms with Gasteiger partial charge in [0.25, 0.3) is 0 Å². The van der Waals surface area contributed by atoms with E-state index in [9.17, 15) is 31.4 Å². The Morgan fingerprint density at radius 1 is 0.964 bits per heavy atom. The van der Waals surface area contributed by atoms with Crippen LogP contribution in [-0.2, 0) is 12.4 Å². The predicted octanol–water partition coefficient (Wildman–Crippen LogP) is 4.96. The number of aromatic nitrogens is 1. The number of piperidine rings is 1. The van der Waals surface area contributed by atoms with Gasteiger partial charge in [0, 0.05) is 11.6 Å². The van der Waals surface area contributed by atoms with Crippen LogP contribution >= 0.6 is 0 Å². The molecule has 0 unspecified atom stereocenters. The molecular formula is C19H18F6N2O. The van der Waals surface area contributed by atoms with Crippen LogP contribution in [-0.4, -0.2) is 22.7 Å². The minimum absolute atomic E-state index is 0.0247. The molecule has 0 bridgehead atoms. The summed E-state index contributed by atoms with van der Waals surface area (Å²) in [5, 5.41) is 13.6. The molecule has 1 aromatic heterocycles. The van der Waals surface area contributed by atoms with Crippen LogP contribution in [0.15, 0.2) is 36.4 Å². The Hall–Kier alpha value is -2.13. The van der Waals surface area contributed by atoms with Crippen LogP contribution < -0.4 is 5.32 Å². The number of rotatable bonds is 3.